The van der Waals surface area contributed by atoms with E-state index in [9.17, 15) is 13.2 Å². The maximum Gasteiger partial charge on any atom is 0.416 e. The summed E-state index contributed by atoms with van der Waals surface area (Å²) in [6.45, 7) is 1.13. The number of nitrogen functional groups attached to an aromatic ring is 1. The van der Waals surface area contributed by atoms with Crippen LogP contribution >= 0.6 is 0 Å². The summed E-state index contributed by atoms with van der Waals surface area (Å²) < 4.78 is 45.0. The Morgan fingerprint density at radius 2 is 1.84 bits per heavy atom. The highest BCUT2D eigenvalue weighted by Gasteiger charge is 2.29. The van der Waals surface area contributed by atoms with E-state index in [1.54, 1.807) is 13.2 Å². The number of halogens is 3. The fourth-order valence-corrected chi connectivity index (χ4v) is 3.42. The number of hydrogen-bond donors (Lipinski definition) is 1. The lowest BCUT2D eigenvalue weighted by Gasteiger charge is -2.16. The van der Waals surface area contributed by atoms with E-state index >= 15 is 0 Å². The molecule has 10 heteroatoms. The molecule has 31 heavy (non-hydrogen) atoms. The third-order valence-electron chi connectivity index (χ3n) is 5.01. The number of anilines is 1. The minimum Gasteiger partial charge on any atom is -0.494 e. The number of para-hydroxylation sites is 1. The summed E-state index contributed by atoms with van der Waals surface area (Å²) in [5.41, 5.74) is 7.43. The van der Waals surface area contributed by atoms with Crippen LogP contribution in [0.3, 0.4) is 0 Å². The number of methoxy groups -OCH3 is 1. The molecule has 0 fully saturated rings. The van der Waals surface area contributed by atoms with Gasteiger partial charge in [0.25, 0.3) is 0 Å². The van der Waals surface area contributed by atoms with Gasteiger partial charge in [0.1, 0.15) is 11.3 Å². The van der Waals surface area contributed by atoms with Gasteiger partial charge in [0, 0.05) is 24.9 Å². The first kappa shape index (κ1) is 20.9. The molecular formula is C21H21F3N6O. The first-order chi connectivity index (χ1) is 14.8. The van der Waals surface area contributed by atoms with Crippen molar-refractivity contribution >= 4 is 22.5 Å². The average molecular weight is 430 g/mol. The first-order valence-electron chi connectivity index (χ1n) is 9.59. The maximum atomic E-state index is 12.7. The quantitative estimate of drug-likeness (QED) is 0.504. The molecule has 2 aromatic heterocycles. The maximum absolute atomic E-state index is 12.7. The molecule has 162 valence electrons. The number of hydrogen-bond acceptors (Lipinski definition) is 6. The normalized spacial score (nSPS) is 12.2. The average Bonchev–Trinajstić information content (AvgIpc) is 3.17. The van der Waals surface area contributed by atoms with Crippen LogP contribution in [-0.4, -0.2) is 45.2 Å². The van der Waals surface area contributed by atoms with Gasteiger partial charge in [-0.3, -0.25) is 0 Å². The highest BCUT2D eigenvalue weighted by molar-refractivity contribution is 5.95. The molecule has 7 nitrogen and oxygen atoms in total. The van der Waals surface area contributed by atoms with Crippen molar-refractivity contribution in [2.45, 2.75) is 19.1 Å². The molecule has 0 amide bonds. The molecule has 0 saturated heterocycles. The van der Waals surface area contributed by atoms with E-state index in [0.29, 0.717) is 42.2 Å². The summed E-state index contributed by atoms with van der Waals surface area (Å²) in [5, 5.41) is 5.24. The van der Waals surface area contributed by atoms with Crippen LogP contribution in [0.25, 0.3) is 16.6 Å². The molecule has 0 aliphatic heterocycles. The van der Waals surface area contributed by atoms with E-state index in [4.69, 9.17) is 10.5 Å². The zero-order valence-corrected chi connectivity index (χ0v) is 17.0. The van der Waals surface area contributed by atoms with Gasteiger partial charge in [-0.1, -0.05) is 18.2 Å². The second-order valence-electron chi connectivity index (χ2n) is 7.27. The van der Waals surface area contributed by atoms with Crippen LogP contribution in [0.1, 0.15) is 17.0 Å². The zero-order chi connectivity index (χ0) is 22.2. The van der Waals surface area contributed by atoms with Gasteiger partial charge in [0.2, 0.25) is 5.95 Å². The molecule has 0 spiro atoms. The molecule has 4 aromatic rings. The Labute approximate surface area is 176 Å². The van der Waals surface area contributed by atoms with Gasteiger partial charge in [-0.2, -0.15) is 17.7 Å². The minimum atomic E-state index is -4.33. The number of nitrogens with two attached hydrogens (primary N) is 1. The molecule has 4 rings (SSSR count). The van der Waals surface area contributed by atoms with Crippen LogP contribution < -0.4 is 10.5 Å². The predicted octanol–water partition coefficient (Wildman–Crippen LogP) is 3.56. The van der Waals surface area contributed by atoms with Crippen molar-refractivity contribution in [3.63, 3.8) is 0 Å². The van der Waals surface area contributed by atoms with E-state index in [2.05, 4.69) is 15.1 Å². The van der Waals surface area contributed by atoms with E-state index in [-0.39, 0.29) is 5.95 Å². The summed E-state index contributed by atoms with van der Waals surface area (Å²) in [6, 6.07) is 10.7. The predicted molar refractivity (Wildman–Crippen MR) is 111 cm³/mol. The van der Waals surface area contributed by atoms with Gasteiger partial charge in [-0.15, -0.1) is 5.10 Å². The van der Waals surface area contributed by atoms with Crippen LogP contribution in [0.2, 0.25) is 0 Å². The van der Waals surface area contributed by atoms with Crippen molar-refractivity contribution in [1.29, 1.82) is 0 Å². The fraction of sp³-hybridized carbons (Fsp3) is 0.286. The number of likely N-dealkylation sites (N-methyl/N-ethyl adjacent to an activating group) is 1. The van der Waals surface area contributed by atoms with Gasteiger partial charge in [-0.25, -0.2) is 9.97 Å². The van der Waals surface area contributed by atoms with Gasteiger partial charge in [-0.05, 0) is 36.9 Å². The highest BCUT2D eigenvalue weighted by Crippen LogP contribution is 2.29. The number of benzene rings is 2. The molecule has 2 aromatic carbocycles. The Balaban J connectivity index is 1.49. The molecule has 0 aliphatic rings. The molecule has 0 aliphatic carbocycles. The van der Waals surface area contributed by atoms with E-state index in [0.717, 1.165) is 23.1 Å². The molecule has 0 bridgehead atoms. The van der Waals surface area contributed by atoms with Crippen LogP contribution in [0.15, 0.2) is 42.5 Å². The Morgan fingerprint density at radius 3 is 2.52 bits per heavy atom. The molecular weight excluding hydrogens is 409 g/mol. The van der Waals surface area contributed by atoms with Crippen molar-refractivity contribution in [2.75, 3.05) is 26.4 Å². The summed E-state index contributed by atoms with van der Waals surface area (Å²) >= 11 is 0. The van der Waals surface area contributed by atoms with Crippen LogP contribution in [0.5, 0.6) is 5.75 Å². The summed E-state index contributed by atoms with van der Waals surface area (Å²) in [7, 11) is 3.46. The summed E-state index contributed by atoms with van der Waals surface area (Å²) in [4.78, 5) is 11.0. The Hall–Kier alpha value is -3.40. The van der Waals surface area contributed by atoms with Crippen molar-refractivity contribution in [1.82, 2.24) is 24.5 Å². The smallest absolute Gasteiger partial charge is 0.416 e. The lowest BCUT2D eigenvalue weighted by atomic mass is 10.1. The Morgan fingerprint density at radius 1 is 1.10 bits per heavy atom. The van der Waals surface area contributed by atoms with Gasteiger partial charge >= 0.3 is 6.18 Å². The van der Waals surface area contributed by atoms with E-state index in [1.807, 2.05) is 24.1 Å². The second-order valence-corrected chi connectivity index (χ2v) is 7.27. The lowest BCUT2D eigenvalue weighted by molar-refractivity contribution is -0.137. The number of rotatable bonds is 6. The largest absolute Gasteiger partial charge is 0.494 e. The molecule has 0 saturated carbocycles. The Bertz CT molecular complexity index is 1220. The van der Waals surface area contributed by atoms with Crippen molar-refractivity contribution in [2.24, 2.45) is 0 Å². The first-order valence-corrected chi connectivity index (χ1v) is 9.59. The van der Waals surface area contributed by atoms with Crippen molar-refractivity contribution < 1.29 is 17.9 Å². The summed E-state index contributed by atoms with van der Waals surface area (Å²) in [5.74, 6) is 1.42. The number of alkyl halides is 3. The number of ether oxygens (including phenoxy) is 1. The van der Waals surface area contributed by atoms with Crippen LogP contribution in [0.4, 0.5) is 19.1 Å². The monoisotopic (exact) mass is 430 g/mol. The van der Waals surface area contributed by atoms with Crippen molar-refractivity contribution in [3.05, 3.63) is 59.4 Å². The lowest BCUT2D eigenvalue weighted by Crippen LogP contribution is -2.21. The van der Waals surface area contributed by atoms with Gasteiger partial charge in [0.05, 0.1) is 12.7 Å². The van der Waals surface area contributed by atoms with Crippen molar-refractivity contribution in [3.8, 4) is 5.75 Å². The topological polar surface area (TPSA) is 81.6 Å². The van der Waals surface area contributed by atoms with Gasteiger partial charge < -0.3 is 15.4 Å². The van der Waals surface area contributed by atoms with Gasteiger partial charge in [0.15, 0.2) is 11.5 Å². The number of fused-ring (bicyclic) bond motifs is 3. The number of nitrogens with zero attached hydrogens (tertiary/aromatic N) is 5. The molecule has 2 N–H and O–H groups in total. The molecule has 0 atom stereocenters. The zero-order valence-electron chi connectivity index (χ0n) is 17.0. The van der Waals surface area contributed by atoms with Crippen LogP contribution in [0, 0.1) is 0 Å². The van der Waals surface area contributed by atoms with Crippen LogP contribution in [-0.2, 0) is 19.1 Å². The SMILES string of the molecule is COc1cccc2c1nc(N)n1nc(CCN(C)Cc3ccc(C(F)(F)F)cc3)nc21. The standard InChI is InChI=1S/C21H21F3N6O/c1-29(12-13-6-8-14(9-7-13)21(22,23)24)11-10-17-26-19-15-4-3-5-16(31-2)18(15)27-20(25)30(19)28-17/h3-9H,10-12H2,1-2H3,(H2,25,27). The minimum absolute atomic E-state index is 0.212. The van der Waals surface area contributed by atoms with E-state index in [1.165, 1.54) is 16.6 Å². The third kappa shape index (κ3) is 4.24. The highest BCUT2D eigenvalue weighted by atomic mass is 19.4. The Kier molecular flexibility index (Phi) is 5.40. The fourth-order valence-electron chi connectivity index (χ4n) is 3.42. The second kappa shape index (κ2) is 8.03. The third-order valence-corrected chi connectivity index (χ3v) is 5.01. The number of aromatic nitrogens is 4. The summed E-state index contributed by atoms with van der Waals surface area (Å²) in [6.07, 6.45) is -3.78. The van der Waals surface area contributed by atoms with E-state index < -0.39 is 11.7 Å². The molecule has 0 radical (unpaired) electrons. The molecule has 2 heterocycles. The molecule has 0 unspecified atom stereocenters.